The molecule has 32 heavy (non-hydrogen) atoms. The molecule has 0 aliphatic carbocycles. The zero-order chi connectivity index (χ0) is 23.1. The maximum atomic E-state index is 12.8. The van der Waals surface area contributed by atoms with Crippen LogP contribution in [0.3, 0.4) is 0 Å². The van der Waals surface area contributed by atoms with Crippen molar-refractivity contribution in [1.29, 1.82) is 0 Å². The summed E-state index contributed by atoms with van der Waals surface area (Å²) in [6.45, 7) is 2.01. The topological polar surface area (TPSA) is 75.7 Å². The van der Waals surface area contributed by atoms with E-state index in [9.17, 15) is 13.2 Å². The van der Waals surface area contributed by atoms with Gasteiger partial charge in [0, 0.05) is 18.1 Å². The lowest BCUT2D eigenvalue weighted by Crippen LogP contribution is -2.31. The molecular weight excluding hydrogens is 492 g/mol. The number of nitrogens with zero attached hydrogens (tertiary/aromatic N) is 1. The first-order valence-corrected chi connectivity index (χ1v) is 12.3. The van der Waals surface area contributed by atoms with Gasteiger partial charge in [-0.15, -0.1) is 0 Å². The van der Waals surface area contributed by atoms with Crippen LogP contribution in [0.1, 0.15) is 24.1 Å². The fraction of sp³-hybridized carbons (Fsp3) is 0.208. The second kappa shape index (κ2) is 10.8. The van der Waals surface area contributed by atoms with Crippen molar-refractivity contribution in [1.82, 2.24) is 9.62 Å². The molecule has 3 aromatic carbocycles. The molecule has 1 amide bonds. The van der Waals surface area contributed by atoms with Crippen molar-refractivity contribution in [3.05, 3.63) is 94.5 Å². The van der Waals surface area contributed by atoms with E-state index >= 15 is 0 Å². The van der Waals surface area contributed by atoms with Gasteiger partial charge < -0.3 is 10.1 Å². The predicted octanol–water partition coefficient (Wildman–Crippen LogP) is 4.53. The number of carbonyl (C=O) groups excluding carboxylic acids is 1. The molecule has 0 aliphatic rings. The Labute approximate surface area is 197 Å². The highest BCUT2D eigenvalue weighted by atomic mass is 79.9. The first-order valence-electron chi connectivity index (χ1n) is 10.0. The zero-order valence-electron chi connectivity index (χ0n) is 17.9. The minimum Gasteiger partial charge on any atom is -0.484 e. The summed E-state index contributed by atoms with van der Waals surface area (Å²) in [6.07, 6.45) is 0. The number of rotatable bonds is 9. The molecule has 6 nitrogen and oxygen atoms in total. The van der Waals surface area contributed by atoms with Gasteiger partial charge in [0.1, 0.15) is 5.75 Å². The molecule has 0 saturated carbocycles. The third-order valence-electron chi connectivity index (χ3n) is 4.90. The third kappa shape index (κ3) is 6.41. The molecule has 0 spiro atoms. The quantitative estimate of drug-likeness (QED) is 0.453. The number of ether oxygens (including phenoxy) is 1. The Morgan fingerprint density at radius 2 is 1.62 bits per heavy atom. The summed E-state index contributed by atoms with van der Waals surface area (Å²) in [5.74, 6) is 0.154. The summed E-state index contributed by atoms with van der Waals surface area (Å²) in [5, 5.41) is 2.88. The summed E-state index contributed by atoms with van der Waals surface area (Å²) >= 11 is 3.39. The van der Waals surface area contributed by atoms with Crippen LogP contribution in [0.25, 0.3) is 0 Å². The maximum Gasteiger partial charge on any atom is 0.258 e. The Morgan fingerprint density at radius 1 is 1.00 bits per heavy atom. The van der Waals surface area contributed by atoms with Crippen LogP contribution >= 0.6 is 15.9 Å². The van der Waals surface area contributed by atoms with Gasteiger partial charge >= 0.3 is 0 Å². The Kier molecular flexibility index (Phi) is 8.06. The maximum absolute atomic E-state index is 12.8. The van der Waals surface area contributed by atoms with E-state index in [1.54, 1.807) is 19.2 Å². The number of hydrogen-bond donors (Lipinski definition) is 1. The Bertz CT molecular complexity index is 1130. The third-order valence-corrected chi connectivity index (χ3v) is 7.24. The molecule has 168 valence electrons. The number of hydrogen-bond acceptors (Lipinski definition) is 4. The fourth-order valence-corrected chi connectivity index (χ4v) is 4.50. The van der Waals surface area contributed by atoms with Crippen LogP contribution in [0.2, 0.25) is 0 Å². The van der Waals surface area contributed by atoms with Crippen molar-refractivity contribution in [3.8, 4) is 5.75 Å². The van der Waals surface area contributed by atoms with Crippen LogP contribution in [0, 0.1) is 0 Å². The van der Waals surface area contributed by atoms with Gasteiger partial charge in [-0.25, -0.2) is 8.42 Å². The van der Waals surface area contributed by atoms with Gasteiger partial charge in [0.25, 0.3) is 5.91 Å². The van der Waals surface area contributed by atoms with E-state index in [0.717, 1.165) is 15.6 Å². The van der Waals surface area contributed by atoms with Crippen LogP contribution in [-0.4, -0.2) is 32.3 Å². The molecule has 1 unspecified atom stereocenters. The van der Waals surface area contributed by atoms with Gasteiger partial charge in [0.05, 0.1) is 10.9 Å². The van der Waals surface area contributed by atoms with E-state index in [1.807, 2.05) is 61.5 Å². The normalized spacial score (nSPS) is 12.4. The average molecular weight is 517 g/mol. The molecule has 1 atom stereocenters. The monoisotopic (exact) mass is 516 g/mol. The first kappa shape index (κ1) is 24.0. The van der Waals surface area contributed by atoms with Gasteiger partial charge in [-0.2, -0.15) is 4.31 Å². The molecule has 0 bridgehead atoms. The highest BCUT2D eigenvalue weighted by Crippen LogP contribution is 2.21. The molecule has 0 saturated heterocycles. The zero-order valence-corrected chi connectivity index (χ0v) is 20.3. The molecular formula is C24H25BrN2O4S. The minimum absolute atomic E-state index is 0.160. The molecule has 8 heteroatoms. The Balaban J connectivity index is 1.54. The summed E-state index contributed by atoms with van der Waals surface area (Å²) in [7, 11) is -2.09. The summed E-state index contributed by atoms with van der Waals surface area (Å²) in [4.78, 5) is 12.4. The van der Waals surface area contributed by atoms with Crippen molar-refractivity contribution < 1.29 is 17.9 Å². The molecule has 1 N–H and O–H groups in total. The number of benzene rings is 3. The summed E-state index contributed by atoms with van der Waals surface area (Å²) in [5.41, 5.74) is 1.89. The Hall–Kier alpha value is -2.68. The van der Waals surface area contributed by atoms with Crippen molar-refractivity contribution in [2.45, 2.75) is 24.4 Å². The van der Waals surface area contributed by atoms with E-state index in [0.29, 0.717) is 5.75 Å². The van der Waals surface area contributed by atoms with Crippen LogP contribution < -0.4 is 10.1 Å². The van der Waals surface area contributed by atoms with E-state index < -0.39 is 10.0 Å². The second-order valence-corrected chi connectivity index (χ2v) is 10.3. The number of nitrogens with one attached hydrogen (secondary N) is 1. The van der Waals surface area contributed by atoms with Crippen molar-refractivity contribution in [2.75, 3.05) is 13.7 Å². The summed E-state index contributed by atoms with van der Waals surface area (Å²) in [6, 6.07) is 23.0. The minimum atomic E-state index is -3.64. The number of sulfonamides is 1. The number of halogens is 1. The van der Waals surface area contributed by atoms with E-state index in [1.165, 1.54) is 16.4 Å². The second-order valence-electron chi connectivity index (χ2n) is 7.35. The van der Waals surface area contributed by atoms with Crippen LogP contribution in [0.5, 0.6) is 5.75 Å². The molecule has 0 heterocycles. The van der Waals surface area contributed by atoms with Gasteiger partial charge in [-0.05, 0) is 54.4 Å². The van der Waals surface area contributed by atoms with Crippen LogP contribution in [0.15, 0.2) is 88.2 Å². The highest BCUT2D eigenvalue weighted by Gasteiger charge is 2.21. The van der Waals surface area contributed by atoms with Gasteiger partial charge in [0.15, 0.2) is 6.61 Å². The lowest BCUT2D eigenvalue weighted by Gasteiger charge is -2.18. The van der Waals surface area contributed by atoms with Crippen molar-refractivity contribution in [2.24, 2.45) is 0 Å². The van der Waals surface area contributed by atoms with E-state index in [4.69, 9.17) is 4.74 Å². The highest BCUT2D eigenvalue weighted by molar-refractivity contribution is 9.10. The predicted molar refractivity (Wildman–Crippen MR) is 128 cm³/mol. The first-order chi connectivity index (χ1) is 15.3. The average Bonchev–Trinajstić information content (AvgIpc) is 2.79. The van der Waals surface area contributed by atoms with Gasteiger partial charge in [-0.1, -0.05) is 58.4 Å². The van der Waals surface area contributed by atoms with E-state index in [2.05, 4.69) is 21.2 Å². The molecule has 0 aliphatic heterocycles. The van der Waals surface area contributed by atoms with Crippen LogP contribution in [0.4, 0.5) is 0 Å². The largest absolute Gasteiger partial charge is 0.484 e. The molecule has 3 aromatic rings. The Morgan fingerprint density at radius 3 is 2.25 bits per heavy atom. The van der Waals surface area contributed by atoms with Gasteiger partial charge in [0.2, 0.25) is 10.0 Å². The number of amides is 1. The molecule has 0 radical (unpaired) electrons. The molecule has 0 aromatic heterocycles. The lowest BCUT2D eigenvalue weighted by molar-refractivity contribution is -0.123. The summed E-state index contributed by atoms with van der Waals surface area (Å²) < 4.78 is 33.4. The number of carbonyl (C=O) groups is 1. The molecule has 3 rings (SSSR count). The lowest BCUT2D eigenvalue weighted by atomic mass is 10.1. The molecule has 0 fully saturated rings. The van der Waals surface area contributed by atoms with Crippen LogP contribution in [-0.2, 0) is 21.4 Å². The standard InChI is InChI=1S/C24H25BrN2O4S/c1-18(20-8-10-21(25)11-9-20)26-24(28)17-31-22-12-14-23(15-13-22)32(29,30)27(2)16-19-6-4-3-5-7-19/h3-15,18H,16-17H2,1-2H3,(H,26,28). The SMILES string of the molecule is CC(NC(=O)COc1ccc(S(=O)(=O)N(C)Cc2ccccc2)cc1)c1ccc(Br)cc1. The van der Waals surface area contributed by atoms with Crippen molar-refractivity contribution in [3.63, 3.8) is 0 Å². The van der Waals surface area contributed by atoms with Gasteiger partial charge in [-0.3, -0.25) is 4.79 Å². The van der Waals surface area contributed by atoms with E-state index in [-0.39, 0.29) is 30.0 Å². The smallest absolute Gasteiger partial charge is 0.258 e. The van der Waals surface area contributed by atoms with Crippen molar-refractivity contribution >= 4 is 31.9 Å². The fourth-order valence-electron chi connectivity index (χ4n) is 3.08.